The minimum atomic E-state index is -1.18. The van der Waals surface area contributed by atoms with Gasteiger partial charge in [0.25, 0.3) is 5.91 Å². The Morgan fingerprint density at radius 2 is 1.52 bits per heavy atom. The lowest BCUT2D eigenvalue weighted by Gasteiger charge is -2.21. The highest BCUT2D eigenvalue weighted by molar-refractivity contribution is 9.10. The first-order chi connectivity index (χ1) is 15.0. The highest BCUT2D eigenvalue weighted by Crippen LogP contribution is 2.36. The van der Waals surface area contributed by atoms with Crippen molar-refractivity contribution >= 4 is 44.3 Å². The van der Waals surface area contributed by atoms with Crippen molar-refractivity contribution < 1.29 is 19.8 Å². The molecule has 0 aliphatic heterocycles. The molecule has 0 bridgehead atoms. The second-order valence-electron chi connectivity index (χ2n) is 6.85. The van der Waals surface area contributed by atoms with Gasteiger partial charge in [-0.25, -0.2) is 4.98 Å². The third-order valence-corrected chi connectivity index (χ3v) is 5.45. The van der Waals surface area contributed by atoms with E-state index < -0.39 is 18.4 Å². The molecule has 4 aromatic rings. The van der Waals surface area contributed by atoms with Crippen LogP contribution in [0.3, 0.4) is 0 Å². The predicted molar refractivity (Wildman–Crippen MR) is 122 cm³/mol. The summed E-state index contributed by atoms with van der Waals surface area (Å²) in [5, 5.41) is 21.2. The molecule has 0 aliphatic carbocycles. The number of carboxylic acid groups (broad SMARTS) is 1. The molecule has 1 amide bonds. The Balaban J connectivity index is 1.81. The zero-order valence-electron chi connectivity index (χ0n) is 16.2. The molecule has 31 heavy (non-hydrogen) atoms. The second kappa shape index (κ2) is 8.57. The fourth-order valence-electron chi connectivity index (χ4n) is 3.37. The van der Waals surface area contributed by atoms with Gasteiger partial charge < -0.3 is 10.2 Å². The summed E-state index contributed by atoms with van der Waals surface area (Å²) in [6.45, 7) is -0.563. The van der Waals surface area contributed by atoms with Gasteiger partial charge in [-0.15, -0.1) is 0 Å². The number of hydrogen-bond donors (Lipinski definition) is 2. The number of halogens is 1. The molecule has 0 fully saturated rings. The van der Waals surface area contributed by atoms with Crippen molar-refractivity contribution in [3.8, 4) is 16.9 Å². The molecule has 3 aromatic carbocycles. The molecule has 7 heteroatoms. The van der Waals surface area contributed by atoms with E-state index in [1.165, 1.54) is 0 Å². The number of nitrogens with zero attached hydrogens (tertiary/aromatic N) is 2. The lowest BCUT2D eigenvalue weighted by atomic mass is 10.0. The highest BCUT2D eigenvalue weighted by atomic mass is 79.9. The van der Waals surface area contributed by atoms with Gasteiger partial charge in [0.2, 0.25) is 0 Å². The molecule has 0 saturated heterocycles. The van der Waals surface area contributed by atoms with Crippen molar-refractivity contribution in [2.45, 2.75) is 0 Å². The monoisotopic (exact) mass is 476 g/mol. The molecule has 0 spiro atoms. The average Bonchev–Trinajstić information content (AvgIpc) is 2.80. The number of carbonyl (C=O) groups excluding carboxylic acids is 1. The van der Waals surface area contributed by atoms with Crippen molar-refractivity contribution in [1.82, 2.24) is 4.98 Å². The first-order valence-electron chi connectivity index (χ1n) is 9.42. The van der Waals surface area contributed by atoms with Gasteiger partial charge in [0.1, 0.15) is 11.1 Å². The van der Waals surface area contributed by atoms with Gasteiger partial charge in [-0.3, -0.25) is 14.5 Å². The summed E-state index contributed by atoms with van der Waals surface area (Å²) in [5.41, 5.74) is 2.11. The predicted octanol–water partition coefficient (Wildman–Crippen LogP) is 5.10. The Kier molecular flexibility index (Phi) is 5.68. The third kappa shape index (κ3) is 4.13. The van der Waals surface area contributed by atoms with Crippen molar-refractivity contribution in [2.24, 2.45) is 0 Å². The number of para-hydroxylation sites is 1. The van der Waals surface area contributed by atoms with E-state index in [9.17, 15) is 19.8 Å². The Hall–Kier alpha value is -3.71. The lowest BCUT2D eigenvalue weighted by Crippen LogP contribution is -2.36. The van der Waals surface area contributed by atoms with Gasteiger partial charge >= 0.3 is 5.97 Å². The zero-order chi connectivity index (χ0) is 22.0. The van der Waals surface area contributed by atoms with Crippen LogP contribution in [0.5, 0.6) is 5.75 Å². The minimum Gasteiger partial charge on any atom is -0.505 e. The SMILES string of the molecule is O=C(O)CN(C(=O)c1nc(Br)c2cc(-c3ccccc3)ccc2c1O)c1ccccc1. The Labute approximate surface area is 186 Å². The first-order valence-corrected chi connectivity index (χ1v) is 10.2. The molecule has 0 atom stereocenters. The third-order valence-electron chi connectivity index (χ3n) is 4.85. The van der Waals surface area contributed by atoms with Crippen LogP contribution in [0.25, 0.3) is 21.9 Å². The van der Waals surface area contributed by atoms with Crippen LogP contribution in [-0.4, -0.2) is 33.6 Å². The highest BCUT2D eigenvalue weighted by Gasteiger charge is 2.26. The molecular formula is C24H17BrN2O4. The fourth-order valence-corrected chi connectivity index (χ4v) is 3.88. The summed E-state index contributed by atoms with van der Waals surface area (Å²) in [5.74, 6) is -2.18. The molecular weight excluding hydrogens is 460 g/mol. The zero-order valence-corrected chi connectivity index (χ0v) is 17.8. The molecule has 154 valence electrons. The van der Waals surface area contributed by atoms with Crippen molar-refractivity contribution in [1.29, 1.82) is 0 Å². The number of pyridine rings is 1. The number of carboxylic acids is 1. The summed E-state index contributed by atoms with van der Waals surface area (Å²) >= 11 is 3.40. The van der Waals surface area contributed by atoms with Crippen LogP contribution in [0.4, 0.5) is 5.69 Å². The number of carbonyl (C=O) groups is 2. The largest absolute Gasteiger partial charge is 0.505 e. The van der Waals surface area contributed by atoms with Crippen LogP contribution < -0.4 is 4.90 Å². The minimum absolute atomic E-state index is 0.225. The second-order valence-corrected chi connectivity index (χ2v) is 7.60. The van der Waals surface area contributed by atoms with Crippen LogP contribution in [0.1, 0.15) is 10.5 Å². The number of amides is 1. The van der Waals surface area contributed by atoms with E-state index >= 15 is 0 Å². The number of hydrogen-bond acceptors (Lipinski definition) is 4. The topological polar surface area (TPSA) is 90.7 Å². The van der Waals surface area contributed by atoms with Gasteiger partial charge in [-0.2, -0.15) is 0 Å². The molecule has 0 radical (unpaired) electrons. The molecule has 6 nitrogen and oxygen atoms in total. The maximum atomic E-state index is 13.2. The summed E-state index contributed by atoms with van der Waals surface area (Å²) in [6.07, 6.45) is 0. The van der Waals surface area contributed by atoms with E-state index in [0.29, 0.717) is 21.1 Å². The standard InChI is InChI=1S/C24H17BrN2O4/c25-23-19-13-16(15-7-3-1-4-8-15)11-12-18(19)22(30)21(26-23)24(31)27(14-20(28)29)17-9-5-2-6-10-17/h1-13,30H,14H2,(H,28,29). The molecule has 4 rings (SSSR count). The van der Waals surface area contributed by atoms with E-state index in [1.54, 1.807) is 36.4 Å². The average molecular weight is 477 g/mol. The lowest BCUT2D eigenvalue weighted by molar-refractivity contribution is -0.135. The quantitative estimate of drug-likeness (QED) is 0.391. The van der Waals surface area contributed by atoms with Crippen LogP contribution in [-0.2, 0) is 4.79 Å². The Morgan fingerprint density at radius 3 is 2.16 bits per heavy atom. The van der Waals surface area contributed by atoms with Gasteiger partial charge in [-0.1, -0.05) is 54.6 Å². The van der Waals surface area contributed by atoms with Crippen molar-refractivity contribution in [2.75, 3.05) is 11.4 Å². The maximum Gasteiger partial charge on any atom is 0.323 e. The van der Waals surface area contributed by atoms with Crippen molar-refractivity contribution in [3.05, 3.63) is 89.2 Å². The van der Waals surface area contributed by atoms with Crippen LogP contribution in [0.2, 0.25) is 0 Å². The molecule has 1 heterocycles. The Morgan fingerprint density at radius 1 is 0.871 bits per heavy atom. The molecule has 0 unspecified atom stereocenters. The number of aliphatic carboxylic acids is 1. The summed E-state index contributed by atoms with van der Waals surface area (Å²) in [4.78, 5) is 29.9. The number of fused-ring (bicyclic) bond motifs is 1. The fraction of sp³-hybridized carbons (Fsp3) is 0.0417. The normalized spacial score (nSPS) is 10.7. The molecule has 0 saturated carbocycles. The summed E-state index contributed by atoms with van der Waals surface area (Å²) in [6, 6.07) is 23.6. The van der Waals surface area contributed by atoms with E-state index in [0.717, 1.165) is 16.0 Å². The smallest absolute Gasteiger partial charge is 0.323 e. The maximum absolute atomic E-state index is 13.2. The van der Waals surface area contributed by atoms with Crippen LogP contribution in [0.15, 0.2) is 83.5 Å². The summed E-state index contributed by atoms with van der Waals surface area (Å²) in [7, 11) is 0. The number of rotatable bonds is 5. The van der Waals surface area contributed by atoms with Gasteiger partial charge in [0, 0.05) is 16.5 Å². The van der Waals surface area contributed by atoms with Gasteiger partial charge in [0.05, 0.1) is 0 Å². The van der Waals surface area contributed by atoms with Crippen LogP contribution >= 0.6 is 15.9 Å². The number of anilines is 1. The van der Waals surface area contributed by atoms with Gasteiger partial charge in [-0.05, 0) is 51.3 Å². The van der Waals surface area contributed by atoms with E-state index in [2.05, 4.69) is 20.9 Å². The number of benzene rings is 3. The summed E-state index contributed by atoms with van der Waals surface area (Å²) < 4.78 is 0.379. The molecule has 1 aromatic heterocycles. The first kappa shape index (κ1) is 20.6. The number of aromatic hydroxyl groups is 1. The van der Waals surface area contributed by atoms with Gasteiger partial charge in [0.15, 0.2) is 11.4 Å². The van der Waals surface area contributed by atoms with E-state index in [4.69, 9.17) is 0 Å². The molecule has 0 aliphatic rings. The Bertz CT molecular complexity index is 1280. The number of aromatic nitrogens is 1. The van der Waals surface area contributed by atoms with E-state index in [-0.39, 0.29) is 11.4 Å². The van der Waals surface area contributed by atoms with Crippen molar-refractivity contribution in [3.63, 3.8) is 0 Å². The van der Waals surface area contributed by atoms with E-state index in [1.807, 2.05) is 42.5 Å². The molecule has 2 N–H and O–H groups in total. The van der Waals surface area contributed by atoms with Crippen LogP contribution in [0, 0.1) is 0 Å².